The second-order valence-electron chi connectivity index (χ2n) is 9.66. The van der Waals surface area contributed by atoms with Gasteiger partial charge in [-0.15, -0.1) is 10.2 Å². The van der Waals surface area contributed by atoms with Gasteiger partial charge in [-0.05, 0) is 67.5 Å². The van der Waals surface area contributed by atoms with Crippen molar-refractivity contribution < 1.29 is 14.0 Å². The van der Waals surface area contributed by atoms with Crippen molar-refractivity contribution in [2.75, 3.05) is 25.0 Å². The number of halogens is 1. The first kappa shape index (κ1) is 22.6. The number of nitrogens with one attached hydrogen (secondary N) is 1. The first-order valence-corrected chi connectivity index (χ1v) is 12.6. The molecule has 6 rings (SSSR count). The molecule has 0 atom stereocenters. The molecule has 1 N–H and O–H groups in total. The van der Waals surface area contributed by atoms with Gasteiger partial charge in [0.05, 0.1) is 5.56 Å². The molecule has 3 amide bonds. The van der Waals surface area contributed by atoms with Crippen molar-refractivity contribution in [1.82, 2.24) is 29.5 Å². The Morgan fingerprint density at radius 2 is 1.75 bits per heavy atom. The minimum absolute atomic E-state index is 0.0247. The summed E-state index contributed by atoms with van der Waals surface area (Å²) in [5.74, 6) is 0.758. The van der Waals surface area contributed by atoms with Crippen LogP contribution >= 0.6 is 0 Å². The van der Waals surface area contributed by atoms with Gasteiger partial charge in [0.25, 0.3) is 5.91 Å². The lowest BCUT2D eigenvalue weighted by Gasteiger charge is -2.35. The zero-order valence-corrected chi connectivity index (χ0v) is 20.0. The van der Waals surface area contributed by atoms with Crippen molar-refractivity contribution in [2.45, 2.75) is 51.6 Å². The van der Waals surface area contributed by atoms with Gasteiger partial charge in [-0.25, -0.2) is 14.2 Å². The van der Waals surface area contributed by atoms with E-state index in [9.17, 15) is 14.0 Å². The Hall–Kier alpha value is -3.82. The van der Waals surface area contributed by atoms with E-state index in [1.807, 2.05) is 15.5 Å². The van der Waals surface area contributed by atoms with Crippen LogP contribution in [0.3, 0.4) is 0 Å². The monoisotopic (exact) mass is 489 g/mol. The van der Waals surface area contributed by atoms with Crippen molar-refractivity contribution >= 4 is 17.8 Å². The van der Waals surface area contributed by atoms with Crippen LogP contribution in [0.15, 0.2) is 30.3 Å². The Morgan fingerprint density at radius 3 is 2.61 bits per heavy atom. The molecule has 0 saturated carbocycles. The lowest BCUT2D eigenvalue weighted by Crippen LogP contribution is -2.47. The van der Waals surface area contributed by atoms with Gasteiger partial charge in [0.2, 0.25) is 0 Å². The number of carbonyl (C=O) groups excluding carboxylic acids is 2. The van der Waals surface area contributed by atoms with Gasteiger partial charge >= 0.3 is 6.03 Å². The van der Waals surface area contributed by atoms with Gasteiger partial charge in [0.15, 0.2) is 5.82 Å². The predicted octanol–water partition coefficient (Wildman–Crippen LogP) is 3.64. The minimum Gasteiger partial charge on any atom is -0.325 e. The highest BCUT2D eigenvalue weighted by Gasteiger charge is 2.28. The first-order valence-electron chi connectivity index (χ1n) is 12.6. The van der Waals surface area contributed by atoms with Crippen LogP contribution in [-0.2, 0) is 25.9 Å². The number of nitrogens with zero attached hydrogens (tertiary/aromatic N) is 6. The number of aryl methyl sites for hydroxylation is 1. The van der Waals surface area contributed by atoms with E-state index >= 15 is 0 Å². The van der Waals surface area contributed by atoms with Crippen LogP contribution in [0, 0.1) is 5.82 Å². The summed E-state index contributed by atoms with van der Waals surface area (Å²) in [5, 5.41) is 11.2. The summed E-state index contributed by atoms with van der Waals surface area (Å²) in [5.41, 5.74) is 2.19. The summed E-state index contributed by atoms with van der Waals surface area (Å²) >= 11 is 0. The lowest BCUT2D eigenvalue weighted by atomic mass is 9.96. The molecule has 3 aromatic rings. The van der Waals surface area contributed by atoms with Crippen LogP contribution in [-0.4, -0.2) is 61.1 Å². The highest BCUT2D eigenvalue weighted by molar-refractivity contribution is 6.04. The summed E-state index contributed by atoms with van der Waals surface area (Å²) in [6, 6.07) is 8.29. The average Bonchev–Trinajstić information content (AvgIpc) is 3.53. The first-order chi connectivity index (χ1) is 17.6. The Kier molecular flexibility index (Phi) is 5.86. The van der Waals surface area contributed by atoms with Crippen LogP contribution in [0.25, 0.3) is 11.5 Å². The van der Waals surface area contributed by atoms with Gasteiger partial charge in [-0.1, -0.05) is 6.07 Å². The fourth-order valence-corrected chi connectivity index (χ4v) is 5.35. The van der Waals surface area contributed by atoms with Crippen LogP contribution < -0.4 is 5.32 Å². The van der Waals surface area contributed by atoms with Crippen molar-refractivity contribution in [3.05, 3.63) is 58.7 Å². The number of anilines is 1. The summed E-state index contributed by atoms with van der Waals surface area (Å²) in [6.45, 7) is 3.33. The summed E-state index contributed by atoms with van der Waals surface area (Å²) in [4.78, 5) is 34.2. The molecular weight excluding hydrogens is 461 g/mol. The number of fused-ring (bicyclic) bond motifs is 2. The third-order valence-electron chi connectivity index (χ3n) is 7.27. The molecule has 5 heterocycles. The average molecular weight is 490 g/mol. The van der Waals surface area contributed by atoms with Gasteiger partial charge in [0.1, 0.15) is 23.2 Å². The normalized spacial score (nSPS) is 17.0. The largest absolute Gasteiger partial charge is 0.325 e. The third-order valence-corrected chi connectivity index (χ3v) is 7.27. The molecule has 36 heavy (non-hydrogen) atoms. The van der Waals surface area contributed by atoms with Gasteiger partial charge in [0, 0.05) is 39.1 Å². The fraction of sp³-hybridized carbons (Fsp3) is 0.423. The van der Waals surface area contributed by atoms with Gasteiger partial charge < -0.3 is 19.7 Å². The number of piperidine rings is 1. The summed E-state index contributed by atoms with van der Waals surface area (Å²) < 4.78 is 17.0. The fourth-order valence-electron chi connectivity index (χ4n) is 5.35. The topological polar surface area (TPSA) is 96.2 Å². The molecule has 1 aromatic carbocycles. The maximum absolute atomic E-state index is 14.9. The quantitative estimate of drug-likeness (QED) is 0.606. The number of rotatable bonds is 3. The second kappa shape index (κ2) is 9.33. The molecule has 186 valence electrons. The van der Waals surface area contributed by atoms with Gasteiger partial charge in [-0.3, -0.25) is 4.79 Å². The number of urea groups is 1. The van der Waals surface area contributed by atoms with Crippen LogP contribution in [0.2, 0.25) is 0 Å². The van der Waals surface area contributed by atoms with E-state index in [2.05, 4.69) is 20.5 Å². The number of benzene rings is 1. The van der Waals surface area contributed by atoms with E-state index in [-0.39, 0.29) is 11.6 Å². The molecule has 0 unspecified atom stereocenters. The van der Waals surface area contributed by atoms with E-state index in [4.69, 9.17) is 0 Å². The third kappa shape index (κ3) is 4.20. The molecule has 3 aliphatic rings. The molecule has 0 radical (unpaired) electrons. The van der Waals surface area contributed by atoms with Crippen LogP contribution in [0.1, 0.15) is 53.0 Å². The number of aromatic nitrogens is 4. The second-order valence-corrected chi connectivity index (χ2v) is 9.66. The van der Waals surface area contributed by atoms with Crippen LogP contribution in [0.4, 0.5) is 15.0 Å². The zero-order valence-electron chi connectivity index (χ0n) is 20.0. The Balaban J connectivity index is 1.20. The molecular formula is C26H28FN7O2. The highest BCUT2D eigenvalue weighted by atomic mass is 19.1. The lowest BCUT2D eigenvalue weighted by molar-refractivity contribution is 0.102. The van der Waals surface area contributed by atoms with Crippen molar-refractivity contribution in [3.63, 3.8) is 0 Å². The summed E-state index contributed by atoms with van der Waals surface area (Å²) in [6.07, 6.45) is 5.69. The maximum Gasteiger partial charge on any atom is 0.320 e. The Labute approximate surface area is 208 Å². The molecule has 0 spiro atoms. The molecule has 0 bridgehead atoms. The standard InChI is InChI=1S/C26H28FN7O2/c27-20-15-17-9-13-33(26(36)32-10-2-1-3-11-32)16-18(17)14-19(20)25(35)29-22-7-4-6-21(28-22)24-31-30-23-8-5-12-34(23)24/h4,6-7,14-15H,1-3,5,8-13,16H2,(H,28,29,35). The number of carbonyl (C=O) groups is 2. The van der Waals surface area contributed by atoms with Crippen molar-refractivity contribution in [1.29, 1.82) is 0 Å². The molecule has 9 nitrogen and oxygen atoms in total. The van der Waals surface area contributed by atoms with E-state index in [1.165, 1.54) is 6.07 Å². The predicted molar refractivity (Wildman–Crippen MR) is 131 cm³/mol. The number of hydrogen-bond acceptors (Lipinski definition) is 5. The number of amides is 3. The van der Waals surface area contributed by atoms with E-state index in [1.54, 1.807) is 23.1 Å². The Morgan fingerprint density at radius 1 is 0.889 bits per heavy atom. The summed E-state index contributed by atoms with van der Waals surface area (Å²) in [7, 11) is 0. The minimum atomic E-state index is -0.578. The van der Waals surface area contributed by atoms with Crippen molar-refractivity contribution in [2.24, 2.45) is 0 Å². The molecule has 3 aliphatic heterocycles. The molecule has 0 aliphatic carbocycles. The van der Waals surface area contributed by atoms with E-state index in [0.29, 0.717) is 36.8 Å². The van der Waals surface area contributed by atoms with Gasteiger partial charge in [-0.2, -0.15) is 0 Å². The Bertz CT molecular complexity index is 1330. The van der Waals surface area contributed by atoms with E-state index < -0.39 is 11.7 Å². The molecule has 1 fully saturated rings. The maximum atomic E-state index is 14.9. The molecule has 2 aromatic heterocycles. The smallest absolute Gasteiger partial charge is 0.320 e. The van der Waals surface area contributed by atoms with E-state index in [0.717, 1.165) is 68.7 Å². The van der Waals surface area contributed by atoms with Crippen LogP contribution in [0.5, 0.6) is 0 Å². The number of likely N-dealkylation sites (tertiary alicyclic amines) is 1. The highest BCUT2D eigenvalue weighted by Crippen LogP contribution is 2.26. The zero-order chi connectivity index (χ0) is 24.6. The van der Waals surface area contributed by atoms with Crippen molar-refractivity contribution in [3.8, 4) is 11.5 Å². The number of hydrogen-bond donors (Lipinski definition) is 1. The number of pyridine rings is 1. The molecule has 10 heteroatoms. The molecule has 1 saturated heterocycles. The SMILES string of the molecule is O=C(Nc1cccc(-c2nnc3n2CCC3)n1)c1cc2c(cc1F)CCN(C(=O)N1CCCCC1)C2.